The van der Waals surface area contributed by atoms with Gasteiger partial charge in [0.15, 0.2) is 16.6 Å². The van der Waals surface area contributed by atoms with E-state index in [-0.39, 0.29) is 28.3 Å². The molecule has 0 rings (SSSR count). The first-order valence-electron chi connectivity index (χ1n) is 15.4. The fraction of sp³-hybridized carbons (Fsp3) is 0.629. The van der Waals surface area contributed by atoms with Gasteiger partial charge in [-0.2, -0.15) is 0 Å². The zero-order chi connectivity index (χ0) is 31.6. The number of rotatable bonds is 18. The second kappa shape index (κ2) is 19.5. The van der Waals surface area contributed by atoms with E-state index in [0.29, 0.717) is 12.8 Å². The number of hydrogen-bond acceptors (Lipinski definition) is 4. The van der Waals surface area contributed by atoms with Crippen molar-refractivity contribution in [2.45, 2.75) is 135 Å². The van der Waals surface area contributed by atoms with Crippen LogP contribution >= 0.6 is 0 Å². The SMILES string of the molecule is CC/C=C\C[C@@H](/C=C/C=C/C=C/[C@H](C/C=C\C/C=C\CCC(=O)OC)O[Si](C)(C)C(C)(C)C)O[Si](C)(C)C(C)(C)C. The van der Waals surface area contributed by atoms with Gasteiger partial charge in [0, 0.05) is 6.42 Å². The Bertz CT molecular complexity index is 909. The predicted octanol–water partition coefficient (Wildman–Crippen LogP) is 10.6. The van der Waals surface area contributed by atoms with Crippen LogP contribution in [0.4, 0.5) is 0 Å². The molecule has 0 aliphatic carbocycles. The van der Waals surface area contributed by atoms with E-state index in [4.69, 9.17) is 8.85 Å². The van der Waals surface area contributed by atoms with E-state index in [1.165, 1.54) is 7.11 Å². The summed E-state index contributed by atoms with van der Waals surface area (Å²) < 4.78 is 18.1. The van der Waals surface area contributed by atoms with E-state index < -0.39 is 16.6 Å². The largest absolute Gasteiger partial charge is 0.469 e. The van der Waals surface area contributed by atoms with Gasteiger partial charge in [-0.25, -0.2) is 0 Å². The molecule has 6 heteroatoms. The van der Waals surface area contributed by atoms with Crippen molar-refractivity contribution in [3.05, 3.63) is 72.9 Å². The van der Waals surface area contributed by atoms with Crippen molar-refractivity contribution in [1.29, 1.82) is 0 Å². The van der Waals surface area contributed by atoms with Gasteiger partial charge >= 0.3 is 5.97 Å². The minimum Gasteiger partial charge on any atom is -0.469 e. The molecule has 0 fully saturated rings. The van der Waals surface area contributed by atoms with Gasteiger partial charge in [-0.3, -0.25) is 4.79 Å². The minimum atomic E-state index is -1.91. The van der Waals surface area contributed by atoms with Crippen LogP contribution < -0.4 is 0 Å². The maximum Gasteiger partial charge on any atom is 0.305 e. The number of carbonyl (C=O) groups excluding carboxylic acids is 1. The average molecular weight is 603 g/mol. The summed E-state index contributed by atoms with van der Waals surface area (Å²) in [4.78, 5) is 11.2. The molecule has 0 bridgehead atoms. The Balaban J connectivity index is 5.35. The number of methoxy groups -OCH3 is 1. The Morgan fingerprint density at radius 2 is 1.12 bits per heavy atom. The molecule has 0 aromatic carbocycles. The molecular weight excluding hydrogens is 541 g/mol. The van der Waals surface area contributed by atoms with Gasteiger partial charge < -0.3 is 13.6 Å². The molecule has 0 spiro atoms. The number of ether oxygens (including phenoxy) is 1. The fourth-order valence-electron chi connectivity index (χ4n) is 3.27. The zero-order valence-corrected chi connectivity index (χ0v) is 30.5. The van der Waals surface area contributed by atoms with Gasteiger partial charge in [0.25, 0.3) is 0 Å². The maximum atomic E-state index is 11.2. The minimum absolute atomic E-state index is 0.0259. The summed E-state index contributed by atoms with van der Waals surface area (Å²) in [5.74, 6) is -0.171. The highest BCUT2D eigenvalue weighted by Gasteiger charge is 2.39. The predicted molar refractivity (Wildman–Crippen MR) is 184 cm³/mol. The van der Waals surface area contributed by atoms with Crippen LogP contribution in [0.25, 0.3) is 0 Å². The highest BCUT2D eigenvalue weighted by atomic mass is 28.4. The van der Waals surface area contributed by atoms with Gasteiger partial charge in [0.1, 0.15) is 0 Å². The van der Waals surface area contributed by atoms with Gasteiger partial charge in [-0.1, -0.05) is 121 Å². The molecule has 41 heavy (non-hydrogen) atoms. The fourth-order valence-corrected chi connectivity index (χ4v) is 5.84. The van der Waals surface area contributed by atoms with Gasteiger partial charge in [-0.15, -0.1) is 0 Å². The van der Waals surface area contributed by atoms with E-state index in [2.05, 4.69) is 146 Å². The second-order valence-corrected chi connectivity index (χ2v) is 23.1. The molecule has 0 aromatic rings. The lowest BCUT2D eigenvalue weighted by Gasteiger charge is -2.38. The Kier molecular flexibility index (Phi) is 18.6. The highest BCUT2D eigenvalue weighted by molar-refractivity contribution is 6.74. The lowest BCUT2D eigenvalue weighted by Crippen LogP contribution is -2.43. The Morgan fingerprint density at radius 1 is 0.683 bits per heavy atom. The van der Waals surface area contributed by atoms with Crippen LogP contribution in [-0.2, 0) is 18.4 Å². The molecular formula is C35H62O4Si2. The number of hydrogen-bond donors (Lipinski definition) is 0. The van der Waals surface area contributed by atoms with Crippen molar-refractivity contribution >= 4 is 22.6 Å². The van der Waals surface area contributed by atoms with E-state index in [1.807, 2.05) is 6.08 Å². The Labute approximate surface area is 256 Å². The van der Waals surface area contributed by atoms with Crippen molar-refractivity contribution in [1.82, 2.24) is 0 Å². The molecule has 0 heterocycles. The van der Waals surface area contributed by atoms with Crippen LogP contribution in [0.2, 0.25) is 36.3 Å². The molecule has 0 aliphatic heterocycles. The third-order valence-electron chi connectivity index (χ3n) is 7.98. The summed E-state index contributed by atoms with van der Waals surface area (Å²) >= 11 is 0. The molecule has 4 nitrogen and oxygen atoms in total. The monoisotopic (exact) mass is 602 g/mol. The number of carbonyl (C=O) groups is 1. The molecule has 0 amide bonds. The van der Waals surface area contributed by atoms with Gasteiger partial charge in [0.2, 0.25) is 0 Å². The Morgan fingerprint density at radius 3 is 1.54 bits per heavy atom. The Hall–Kier alpha value is -1.74. The quantitative estimate of drug-likeness (QED) is 0.0677. The molecule has 0 aliphatic rings. The standard InChI is InChI=1S/C35H62O4Si2/c1-13-14-21-26-31(38-40(9,10)34(2,3)4)28-23-19-20-24-29-32(39-41(11,12)35(5,6)7)27-22-17-15-16-18-25-30-33(36)37-8/h14,16-24,28-29,31-32H,13,15,25-27,30H2,1-12H3/b18-16-,20-19+,21-14-,22-17-,28-23+,29-24+/t31-,32-/m0/s1. The van der Waals surface area contributed by atoms with Crippen molar-refractivity contribution in [3.8, 4) is 0 Å². The first-order valence-corrected chi connectivity index (χ1v) is 21.2. The maximum absolute atomic E-state index is 11.2. The van der Waals surface area contributed by atoms with E-state index in [0.717, 1.165) is 25.7 Å². The topological polar surface area (TPSA) is 44.8 Å². The molecule has 0 N–H and O–H groups in total. The molecule has 0 aromatic heterocycles. The van der Waals surface area contributed by atoms with Crippen LogP contribution in [0.3, 0.4) is 0 Å². The van der Waals surface area contributed by atoms with Crippen molar-refractivity contribution in [2.75, 3.05) is 7.11 Å². The smallest absolute Gasteiger partial charge is 0.305 e. The number of allylic oxidation sites excluding steroid dienone is 8. The lowest BCUT2D eigenvalue weighted by molar-refractivity contribution is -0.140. The second-order valence-electron chi connectivity index (χ2n) is 13.6. The average Bonchev–Trinajstić information content (AvgIpc) is 2.85. The summed E-state index contributed by atoms with van der Waals surface area (Å²) in [5.41, 5.74) is 0. The van der Waals surface area contributed by atoms with Gasteiger partial charge in [-0.05, 0) is 68.4 Å². The molecule has 0 saturated heterocycles. The summed E-state index contributed by atoms with van der Waals surface area (Å²) in [6, 6.07) is 0. The first-order chi connectivity index (χ1) is 19.0. The van der Waals surface area contributed by atoms with Crippen LogP contribution in [0.5, 0.6) is 0 Å². The number of esters is 1. The molecule has 0 radical (unpaired) electrons. The normalized spacial score (nSPS) is 15.9. The van der Waals surface area contributed by atoms with Crippen LogP contribution in [-0.4, -0.2) is 41.9 Å². The summed E-state index contributed by atoms with van der Waals surface area (Å²) in [6.07, 6.45) is 30.5. The highest BCUT2D eigenvalue weighted by Crippen LogP contribution is 2.38. The van der Waals surface area contributed by atoms with Crippen molar-refractivity contribution < 1.29 is 18.4 Å². The zero-order valence-electron chi connectivity index (χ0n) is 28.5. The van der Waals surface area contributed by atoms with E-state index >= 15 is 0 Å². The van der Waals surface area contributed by atoms with E-state index in [9.17, 15) is 4.79 Å². The lowest BCUT2D eigenvalue weighted by atomic mass is 10.2. The van der Waals surface area contributed by atoms with Crippen molar-refractivity contribution in [3.63, 3.8) is 0 Å². The third kappa shape index (κ3) is 17.7. The molecule has 0 saturated carbocycles. The molecule has 2 atom stereocenters. The summed E-state index contributed by atoms with van der Waals surface area (Å²) in [6.45, 7) is 25.1. The van der Waals surface area contributed by atoms with Crippen LogP contribution in [0, 0.1) is 0 Å². The first kappa shape index (κ1) is 39.3. The van der Waals surface area contributed by atoms with Crippen LogP contribution in [0.15, 0.2) is 72.9 Å². The molecule has 234 valence electrons. The van der Waals surface area contributed by atoms with Gasteiger partial charge in [0.05, 0.1) is 19.3 Å². The van der Waals surface area contributed by atoms with Crippen molar-refractivity contribution in [2.24, 2.45) is 0 Å². The summed E-state index contributed by atoms with van der Waals surface area (Å²) in [5, 5.41) is 0.329. The van der Waals surface area contributed by atoms with Crippen LogP contribution in [0.1, 0.15) is 87.0 Å². The molecule has 0 unspecified atom stereocenters. The summed E-state index contributed by atoms with van der Waals surface area (Å²) in [7, 11) is -2.34. The van der Waals surface area contributed by atoms with E-state index in [1.54, 1.807) is 0 Å². The third-order valence-corrected chi connectivity index (χ3v) is 17.0.